The number of allylic oxidation sites excluding steroid dienone is 5. The third kappa shape index (κ3) is 19.6. The molecule has 1 rings (SSSR count). The molecule has 0 amide bonds. The Morgan fingerprint density at radius 3 is 2.09 bits per heavy atom. The highest BCUT2D eigenvalue weighted by atomic mass is 16.3. The van der Waals surface area contributed by atoms with Gasteiger partial charge in [-0.1, -0.05) is 83.7 Å². The number of aliphatic hydroxyl groups excluding tert-OH is 1. The van der Waals surface area contributed by atoms with Crippen LogP contribution in [0, 0.1) is 0 Å². The molecule has 45 heavy (non-hydrogen) atoms. The molecule has 0 fully saturated rings. The van der Waals surface area contributed by atoms with Gasteiger partial charge in [-0.15, -0.1) is 6.58 Å². The van der Waals surface area contributed by atoms with Gasteiger partial charge in [0.05, 0.1) is 11.9 Å². The Bertz CT molecular complexity index is 1040. The first-order valence-corrected chi connectivity index (χ1v) is 16.9. The Morgan fingerprint density at radius 1 is 1.04 bits per heavy atom. The summed E-state index contributed by atoms with van der Waals surface area (Å²) in [6.45, 7) is 38.1. The van der Waals surface area contributed by atoms with E-state index < -0.39 is 0 Å². The molecule has 256 valence electrons. The van der Waals surface area contributed by atoms with Crippen molar-refractivity contribution in [1.82, 2.24) is 4.90 Å². The van der Waals surface area contributed by atoms with E-state index in [0.29, 0.717) is 24.4 Å². The second-order valence-electron chi connectivity index (χ2n) is 10.7. The molecule has 5 heteroatoms. The molecule has 0 saturated carbocycles. The summed E-state index contributed by atoms with van der Waals surface area (Å²) in [6, 6.07) is 6.88. The molecule has 1 aromatic rings. The molecular formula is C40H69N3O2. The number of phenolic OH excluding ortho intramolecular Hbond substituents is 1. The van der Waals surface area contributed by atoms with Crippen LogP contribution in [0.5, 0.6) is 5.75 Å². The largest absolute Gasteiger partial charge is 0.516 e. The van der Waals surface area contributed by atoms with Crippen molar-refractivity contribution in [3.8, 4) is 5.75 Å². The standard InChI is InChI=1S/C31H49N3O2.C5H8.2C2H6/c1-10-26(8)34(27(9)20-29(11-2)33(23(4)5)22-25(7)16-18-35)30-14-13-28(21-31(30)36)19-24(6)15-17-32-12-3;1-3-5-4-2;2*1-2/h10,13-18,21,23,26-27,29,35-36H,1,7,11-12,19-20,22H2,2-6,8-9H3;3-5H,1H2,2H3;2*1-2H3/b18-16-,24-15+,32-17?;5-4-;;. The van der Waals surface area contributed by atoms with Gasteiger partial charge >= 0.3 is 0 Å². The van der Waals surface area contributed by atoms with E-state index in [-0.39, 0.29) is 12.1 Å². The molecule has 0 saturated heterocycles. The number of phenols is 1. The summed E-state index contributed by atoms with van der Waals surface area (Å²) in [5.74, 6) is 0.290. The summed E-state index contributed by atoms with van der Waals surface area (Å²) in [5, 5.41) is 20.2. The van der Waals surface area contributed by atoms with Gasteiger partial charge in [-0.25, -0.2) is 0 Å². The van der Waals surface area contributed by atoms with Crippen LogP contribution in [0.4, 0.5) is 5.69 Å². The molecule has 0 heterocycles. The molecule has 0 aromatic heterocycles. The fourth-order valence-electron chi connectivity index (χ4n) is 4.84. The molecule has 3 atom stereocenters. The zero-order valence-electron chi connectivity index (χ0n) is 31.1. The van der Waals surface area contributed by atoms with Crippen LogP contribution in [0.2, 0.25) is 0 Å². The molecule has 0 spiro atoms. The number of nitrogens with zero attached hydrogens (tertiary/aromatic N) is 3. The van der Waals surface area contributed by atoms with Gasteiger partial charge in [0.25, 0.3) is 0 Å². The maximum absolute atomic E-state index is 11.1. The van der Waals surface area contributed by atoms with Crippen LogP contribution >= 0.6 is 0 Å². The molecule has 2 N–H and O–H groups in total. The van der Waals surface area contributed by atoms with E-state index in [9.17, 15) is 5.11 Å². The minimum atomic E-state index is 0.0564. The molecule has 0 aliphatic carbocycles. The molecule has 5 nitrogen and oxygen atoms in total. The lowest BCUT2D eigenvalue weighted by Crippen LogP contribution is -2.47. The number of aromatic hydroxyl groups is 1. The van der Waals surface area contributed by atoms with Crippen LogP contribution in [-0.4, -0.2) is 58.6 Å². The van der Waals surface area contributed by atoms with Crippen LogP contribution in [0.1, 0.15) is 101 Å². The normalized spacial score (nSPS) is 13.3. The maximum atomic E-state index is 11.1. The lowest BCUT2D eigenvalue weighted by atomic mass is 9.98. The number of aliphatic imine (C=N–C) groups is 1. The van der Waals surface area contributed by atoms with Gasteiger partial charge in [0.1, 0.15) is 5.75 Å². The second-order valence-corrected chi connectivity index (χ2v) is 10.7. The van der Waals surface area contributed by atoms with Crippen LogP contribution in [0.15, 0.2) is 96.8 Å². The summed E-state index contributed by atoms with van der Waals surface area (Å²) < 4.78 is 0. The number of aliphatic hydroxyl groups is 1. The topological polar surface area (TPSA) is 59.3 Å². The van der Waals surface area contributed by atoms with Crippen LogP contribution in [0.25, 0.3) is 0 Å². The first-order valence-electron chi connectivity index (χ1n) is 16.9. The third-order valence-electron chi connectivity index (χ3n) is 6.94. The molecule has 0 radical (unpaired) electrons. The summed E-state index contributed by atoms with van der Waals surface area (Å²) in [6.07, 6.45) is 16.8. The van der Waals surface area contributed by atoms with Gasteiger partial charge in [0, 0.05) is 43.5 Å². The predicted octanol–water partition coefficient (Wildman–Crippen LogP) is 11.0. The third-order valence-corrected chi connectivity index (χ3v) is 6.94. The maximum Gasteiger partial charge on any atom is 0.139 e. The average Bonchev–Trinajstić information content (AvgIpc) is 3.02. The summed E-state index contributed by atoms with van der Waals surface area (Å²) in [4.78, 5) is 8.96. The number of hydrogen-bond acceptors (Lipinski definition) is 5. The fourth-order valence-corrected chi connectivity index (χ4v) is 4.84. The van der Waals surface area contributed by atoms with Gasteiger partial charge in [-0.3, -0.25) is 9.89 Å². The lowest BCUT2D eigenvalue weighted by Gasteiger charge is -2.41. The number of benzene rings is 1. The Labute approximate surface area is 279 Å². The fraction of sp³-hybridized carbons (Fsp3) is 0.525. The highest BCUT2D eigenvalue weighted by Crippen LogP contribution is 2.34. The zero-order chi connectivity index (χ0) is 35.4. The van der Waals surface area contributed by atoms with E-state index >= 15 is 0 Å². The number of anilines is 1. The van der Waals surface area contributed by atoms with Crippen molar-refractivity contribution in [2.75, 3.05) is 18.0 Å². The SMILES string of the molecule is C=C/C=C\C.C=CC(C)N(c1ccc(C/C(C)=C/C=NCC)cc1O)C(C)CC(CC)N(CC(=C)/C=C\O)C(C)C.CC.CC. The van der Waals surface area contributed by atoms with Gasteiger partial charge in [0.15, 0.2) is 0 Å². The predicted molar refractivity (Wildman–Crippen MR) is 205 cm³/mol. The quantitative estimate of drug-likeness (QED) is 0.0784. The molecule has 3 unspecified atom stereocenters. The average molecular weight is 624 g/mol. The Hall–Kier alpha value is -3.31. The van der Waals surface area contributed by atoms with Crippen molar-refractivity contribution < 1.29 is 10.2 Å². The number of hydrogen-bond donors (Lipinski definition) is 2. The van der Waals surface area contributed by atoms with E-state index in [2.05, 4.69) is 82.1 Å². The van der Waals surface area contributed by atoms with Crippen molar-refractivity contribution in [2.24, 2.45) is 4.99 Å². The van der Waals surface area contributed by atoms with Crippen LogP contribution in [0.3, 0.4) is 0 Å². The van der Waals surface area contributed by atoms with Gasteiger partial charge < -0.3 is 15.1 Å². The van der Waals surface area contributed by atoms with Gasteiger partial charge in [0.2, 0.25) is 0 Å². The van der Waals surface area contributed by atoms with Crippen LogP contribution < -0.4 is 4.90 Å². The first-order chi connectivity index (χ1) is 21.5. The monoisotopic (exact) mass is 624 g/mol. The van der Waals surface area contributed by atoms with Crippen molar-refractivity contribution in [3.63, 3.8) is 0 Å². The van der Waals surface area contributed by atoms with Crippen molar-refractivity contribution in [2.45, 2.75) is 127 Å². The van der Waals surface area contributed by atoms with E-state index in [1.54, 1.807) is 12.2 Å². The minimum Gasteiger partial charge on any atom is -0.516 e. The van der Waals surface area contributed by atoms with E-state index in [4.69, 9.17) is 5.11 Å². The Kier molecular flexibility index (Phi) is 30.1. The van der Waals surface area contributed by atoms with Crippen molar-refractivity contribution in [3.05, 3.63) is 97.4 Å². The molecule has 0 aliphatic rings. The van der Waals surface area contributed by atoms with E-state index in [0.717, 1.165) is 48.9 Å². The smallest absolute Gasteiger partial charge is 0.139 e. The van der Waals surface area contributed by atoms with Crippen LogP contribution in [-0.2, 0) is 6.42 Å². The van der Waals surface area contributed by atoms with E-state index in [1.165, 1.54) is 5.57 Å². The molecule has 1 aromatic carbocycles. The lowest BCUT2D eigenvalue weighted by molar-refractivity contribution is 0.149. The second kappa shape index (κ2) is 29.4. The highest BCUT2D eigenvalue weighted by molar-refractivity contribution is 5.72. The minimum absolute atomic E-state index is 0.0564. The Balaban J connectivity index is -0.00000174. The zero-order valence-corrected chi connectivity index (χ0v) is 31.1. The summed E-state index contributed by atoms with van der Waals surface area (Å²) in [5.41, 5.74) is 3.97. The van der Waals surface area contributed by atoms with Gasteiger partial charge in [-0.05, 0) is 103 Å². The number of rotatable bonds is 17. The molecular weight excluding hydrogens is 554 g/mol. The summed E-state index contributed by atoms with van der Waals surface area (Å²) in [7, 11) is 0. The van der Waals surface area contributed by atoms with Crippen molar-refractivity contribution in [1.29, 1.82) is 0 Å². The van der Waals surface area contributed by atoms with Crippen molar-refractivity contribution >= 4 is 11.9 Å². The molecule has 0 bridgehead atoms. The first kappa shape index (κ1) is 46.1. The molecule has 0 aliphatic heterocycles. The Morgan fingerprint density at radius 2 is 1.67 bits per heavy atom. The summed E-state index contributed by atoms with van der Waals surface area (Å²) >= 11 is 0. The van der Waals surface area contributed by atoms with E-state index in [1.807, 2.05) is 84.2 Å². The highest BCUT2D eigenvalue weighted by Gasteiger charge is 2.27. The van der Waals surface area contributed by atoms with Gasteiger partial charge in [-0.2, -0.15) is 0 Å².